The number of nitrogens with one attached hydrogen (secondary N) is 1. The molecule has 3 N–H and O–H groups in total. The minimum Gasteiger partial charge on any atom is -0.458 e. The Hall–Kier alpha value is -3.02. The van der Waals surface area contributed by atoms with Gasteiger partial charge >= 0.3 is 5.97 Å². The SMILES string of the molecule is Cn1nc(N[C@@H](Cc2ccccc2)C(=O)OC(C)(C)C)c2ccc(N)cc21. The summed E-state index contributed by atoms with van der Waals surface area (Å²) >= 11 is 0. The van der Waals surface area contributed by atoms with Gasteiger partial charge in [0.05, 0.1) is 5.52 Å². The van der Waals surface area contributed by atoms with Gasteiger partial charge in [-0.1, -0.05) is 30.3 Å². The number of carbonyl (C=O) groups excluding carboxylic acids is 1. The fourth-order valence-electron chi connectivity index (χ4n) is 2.96. The number of aromatic nitrogens is 2. The fraction of sp³-hybridized carbons (Fsp3) is 0.333. The Morgan fingerprint density at radius 3 is 2.59 bits per heavy atom. The van der Waals surface area contributed by atoms with Crippen LogP contribution in [0.2, 0.25) is 0 Å². The average molecular weight is 366 g/mol. The molecule has 2 aromatic carbocycles. The fourth-order valence-corrected chi connectivity index (χ4v) is 2.96. The molecule has 1 heterocycles. The third-order valence-electron chi connectivity index (χ3n) is 4.16. The number of fused-ring (bicyclic) bond motifs is 1. The maximum atomic E-state index is 12.8. The maximum Gasteiger partial charge on any atom is 0.329 e. The van der Waals surface area contributed by atoms with E-state index in [0.29, 0.717) is 17.9 Å². The summed E-state index contributed by atoms with van der Waals surface area (Å²) in [5.41, 5.74) is 7.95. The van der Waals surface area contributed by atoms with Gasteiger partial charge in [0.25, 0.3) is 0 Å². The van der Waals surface area contributed by atoms with Crippen molar-refractivity contribution in [3.63, 3.8) is 0 Å². The number of hydrogen-bond donors (Lipinski definition) is 2. The number of nitrogen functional groups attached to an aromatic ring is 1. The van der Waals surface area contributed by atoms with Gasteiger partial charge in [-0.05, 0) is 44.5 Å². The number of nitrogens with two attached hydrogens (primary N) is 1. The maximum absolute atomic E-state index is 12.8. The van der Waals surface area contributed by atoms with Gasteiger partial charge in [-0.3, -0.25) is 4.68 Å². The Balaban J connectivity index is 1.92. The second-order valence-corrected chi connectivity index (χ2v) is 7.67. The molecule has 3 rings (SSSR count). The van der Waals surface area contributed by atoms with Crippen LogP contribution in [0.15, 0.2) is 48.5 Å². The van der Waals surface area contributed by atoms with Crippen molar-refractivity contribution in [1.29, 1.82) is 0 Å². The molecule has 0 aliphatic rings. The molecule has 0 bridgehead atoms. The molecule has 0 fully saturated rings. The lowest BCUT2D eigenvalue weighted by Gasteiger charge is -2.24. The molecule has 6 nitrogen and oxygen atoms in total. The van der Waals surface area contributed by atoms with Gasteiger partial charge in [0.1, 0.15) is 11.6 Å². The quantitative estimate of drug-likeness (QED) is 0.533. The molecule has 0 amide bonds. The van der Waals surface area contributed by atoms with E-state index >= 15 is 0 Å². The number of carbonyl (C=O) groups is 1. The molecule has 0 aliphatic carbocycles. The molecule has 0 saturated heterocycles. The topological polar surface area (TPSA) is 82.2 Å². The highest BCUT2D eigenvalue weighted by Crippen LogP contribution is 2.26. The van der Waals surface area contributed by atoms with Crippen LogP contribution in [0, 0.1) is 0 Å². The highest BCUT2D eigenvalue weighted by molar-refractivity contribution is 5.93. The van der Waals surface area contributed by atoms with Crippen LogP contribution in [0.4, 0.5) is 11.5 Å². The number of benzene rings is 2. The number of nitrogens with zero attached hydrogens (tertiary/aromatic N) is 2. The molecule has 3 aromatic rings. The number of rotatable bonds is 5. The van der Waals surface area contributed by atoms with E-state index in [2.05, 4.69) is 10.4 Å². The van der Waals surface area contributed by atoms with Crippen LogP contribution in [0.1, 0.15) is 26.3 Å². The largest absolute Gasteiger partial charge is 0.458 e. The minimum absolute atomic E-state index is 0.305. The van der Waals surface area contributed by atoms with E-state index in [-0.39, 0.29) is 5.97 Å². The number of ether oxygens (including phenoxy) is 1. The first-order valence-electron chi connectivity index (χ1n) is 8.98. The molecule has 0 unspecified atom stereocenters. The Morgan fingerprint density at radius 2 is 1.93 bits per heavy atom. The second kappa shape index (κ2) is 7.31. The summed E-state index contributed by atoms with van der Waals surface area (Å²) in [7, 11) is 1.85. The zero-order valence-corrected chi connectivity index (χ0v) is 16.2. The molecule has 0 spiro atoms. The summed E-state index contributed by atoms with van der Waals surface area (Å²) < 4.78 is 7.38. The highest BCUT2D eigenvalue weighted by Gasteiger charge is 2.27. The summed E-state index contributed by atoms with van der Waals surface area (Å²) in [4.78, 5) is 12.8. The molecule has 0 saturated carbocycles. The molecule has 1 atom stereocenters. The zero-order chi connectivity index (χ0) is 19.6. The van der Waals surface area contributed by atoms with Crippen LogP contribution in [-0.4, -0.2) is 27.4 Å². The molecule has 6 heteroatoms. The number of aryl methyl sites for hydroxylation is 1. The lowest BCUT2D eigenvalue weighted by atomic mass is 10.1. The van der Waals surface area contributed by atoms with Gasteiger partial charge in [-0.15, -0.1) is 0 Å². The molecule has 27 heavy (non-hydrogen) atoms. The summed E-state index contributed by atoms with van der Waals surface area (Å²) in [5, 5.41) is 8.73. The predicted molar refractivity (Wildman–Crippen MR) is 109 cm³/mol. The number of hydrogen-bond acceptors (Lipinski definition) is 5. The average Bonchev–Trinajstić information content (AvgIpc) is 2.89. The van der Waals surface area contributed by atoms with Crippen LogP contribution in [0.5, 0.6) is 0 Å². The third-order valence-corrected chi connectivity index (χ3v) is 4.16. The van der Waals surface area contributed by atoms with Crippen molar-refractivity contribution in [3.05, 3.63) is 54.1 Å². The van der Waals surface area contributed by atoms with Gasteiger partial charge in [0.2, 0.25) is 0 Å². The normalized spacial score (nSPS) is 12.7. The summed E-state index contributed by atoms with van der Waals surface area (Å²) in [6.07, 6.45) is 0.503. The van der Waals surface area contributed by atoms with Gasteiger partial charge < -0.3 is 15.8 Å². The minimum atomic E-state index is -0.561. The molecule has 0 aliphatic heterocycles. The van der Waals surface area contributed by atoms with E-state index in [1.54, 1.807) is 4.68 Å². The van der Waals surface area contributed by atoms with Crippen LogP contribution in [0.25, 0.3) is 10.9 Å². The van der Waals surface area contributed by atoms with Crippen molar-refractivity contribution < 1.29 is 9.53 Å². The van der Waals surface area contributed by atoms with Crippen molar-refractivity contribution in [2.45, 2.75) is 38.8 Å². The monoisotopic (exact) mass is 366 g/mol. The highest BCUT2D eigenvalue weighted by atomic mass is 16.6. The first kappa shape index (κ1) is 18.8. The summed E-state index contributed by atoms with van der Waals surface area (Å²) in [6.45, 7) is 5.59. The van der Waals surface area contributed by atoms with E-state index in [9.17, 15) is 4.79 Å². The Morgan fingerprint density at radius 1 is 1.22 bits per heavy atom. The summed E-state index contributed by atoms with van der Waals surface area (Å²) in [6, 6.07) is 14.9. The molecule has 0 radical (unpaired) electrons. The van der Waals surface area contributed by atoms with Gasteiger partial charge in [0, 0.05) is 24.5 Å². The van der Waals surface area contributed by atoms with Gasteiger partial charge in [-0.25, -0.2) is 4.79 Å². The van der Waals surface area contributed by atoms with Crippen molar-refractivity contribution in [1.82, 2.24) is 9.78 Å². The Bertz CT molecular complexity index is 942. The lowest BCUT2D eigenvalue weighted by Crippen LogP contribution is -2.38. The van der Waals surface area contributed by atoms with E-state index in [1.807, 2.05) is 76.3 Å². The van der Waals surface area contributed by atoms with Crippen LogP contribution >= 0.6 is 0 Å². The summed E-state index contributed by atoms with van der Waals surface area (Å²) in [5.74, 6) is 0.333. The Kier molecular flexibility index (Phi) is 5.08. The Labute approximate surface area is 159 Å². The van der Waals surface area contributed by atoms with Crippen molar-refractivity contribution in [2.75, 3.05) is 11.1 Å². The van der Waals surface area contributed by atoms with Gasteiger partial charge in [-0.2, -0.15) is 5.10 Å². The standard InChI is InChI=1S/C21H26N4O2/c1-21(2,3)27-20(26)17(12-14-8-6-5-7-9-14)23-19-16-11-10-15(22)13-18(16)25(4)24-19/h5-11,13,17H,12,22H2,1-4H3,(H,23,24)/t17-/m0/s1. The zero-order valence-electron chi connectivity index (χ0n) is 16.2. The van der Waals surface area contributed by atoms with Gasteiger partial charge in [0.15, 0.2) is 5.82 Å². The second-order valence-electron chi connectivity index (χ2n) is 7.67. The number of esters is 1. The van der Waals surface area contributed by atoms with E-state index in [1.165, 1.54) is 0 Å². The first-order chi connectivity index (χ1) is 12.7. The number of anilines is 2. The lowest BCUT2D eigenvalue weighted by molar-refractivity contribution is -0.155. The van der Waals surface area contributed by atoms with E-state index in [4.69, 9.17) is 10.5 Å². The van der Waals surface area contributed by atoms with Crippen LogP contribution < -0.4 is 11.1 Å². The van der Waals surface area contributed by atoms with Crippen molar-refractivity contribution >= 4 is 28.4 Å². The molecular formula is C21H26N4O2. The van der Waals surface area contributed by atoms with Crippen molar-refractivity contribution in [2.24, 2.45) is 7.05 Å². The molecular weight excluding hydrogens is 340 g/mol. The third kappa shape index (κ3) is 4.58. The first-order valence-corrected chi connectivity index (χ1v) is 8.98. The molecule has 142 valence electrons. The predicted octanol–water partition coefficient (Wildman–Crippen LogP) is 3.52. The van der Waals surface area contributed by atoms with E-state index in [0.717, 1.165) is 16.5 Å². The van der Waals surface area contributed by atoms with Crippen LogP contribution in [0.3, 0.4) is 0 Å². The van der Waals surface area contributed by atoms with E-state index < -0.39 is 11.6 Å². The van der Waals surface area contributed by atoms with Crippen LogP contribution in [-0.2, 0) is 23.0 Å². The smallest absolute Gasteiger partial charge is 0.329 e. The van der Waals surface area contributed by atoms with Crippen molar-refractivity contribution in [3.8, 4) is 0 Å². The molecule has 1 aromatic heterocycles.